The minimum absolute atomic E-state index is 0.00177. The summed E-state index contributed by atoms with van der Waals surface area (Å²) in [6.45, 7) is 1.79. The van der Waals surface area contributed by atoms with Crippen LogP contribution in [0.2, 0.25) is 5.02 Å². The monoisotopic (exact) mass is 586 g/mol. The largest absolute Gasteiger partial charge is 0.506 e. The molecule has 42 heavy (non-hydrogen) atoms. The van der Waals surface area contributed by atoms with Crippen LogP contribution in [-0.4, -0.2) is 41.8 Å². The highest BCUT2D eigenvalue weighted by Gasteiger charge is 2.47. The van der Waals surface area contributed by atoms with Crippen LogP contribution in [0.15, 0.2) is 60.7 Å². The van der Waals surface area contributed by atoms with Crippen molar-refractivity contribution in [2.45, 2.75) is 31.7 Å². The highest BCUT2D eigenvalue weighted by Crippen LogP contribution is 2.45. The third kappa shape index (κ3) is 4.47. The number of hydrogen-bond donors (Lipinski definition) is 4. The number of benzene rings is 3. The number of nitrogens with one attached hydrogen (secondary N) is 1. The Hall–Kier alpha value is -5.03. The van der Waals surface area contributed by atoms with Crippen molar-refractivity contribution < 1.29 is 24.2 Å². The quantitative estimate of drug-likeness (QED) is 0.210. The van der Waals surface area contributed by atoms with Crippen molar-refractivity contribution >= 4 is 46.0 Å². The van der Waals surface area contributed by atoms with Crippen LogP contribution in [0.4, 0.5) is 16.0 Å². The number of carboxylic acid groups (broad SMARTS) is 1. The van der Waals surface area contributed by atoms with Crippen molar-refractivity contribution in [3.8, 4) is 17.3 Å². The zero-order valence-corrected chi connectivity index (χ0v) is 23.0. The number of nitrogens with zero attached hydrogens (tertiary/aromatic N) is 4. The first-order valence-corrected chi connectivity index (χ1v) is 13.4. The molecule has 5 aromatic rings. The van der Waals surface area contributed by atoms with Gasteiger partial charge in [0.1, 0.15) is 34.3 Å². The lowest BCUT2D eigenvalue weighted by Gasteiger charge is -2.23. The van der Waals surface area contributed by atoms with Gasteiger partial charge in [-0.15, -0.1) is 0 Å². The summed E-state index contributed by atoms with van der Waals surface area (Å²) in [5.74, 6) is -1.46. The normalized spacial score (nSPS) is 16.0. The van der Waals surface area contributed by atoms with E-state index in [-0.39, 0.29) is 52.8 Å². The first-order valence-electron chi connectivity index (χ1n) is 13.0. The fourth-order valence-corrected chi connectivity index (χ4v) is 5.46. The molecule has 0 saturated heterocycles. The van der Waals surface area contributed by atoms with Crippen molar-refractivity contribution in [1.29, 1.82) is 0 Å². The third-order valence-electron chi connectivity index (χ3n) is 7.59. The number of aryl methyl sites for hydroxylation is 1. The Morgan fingerprint density at radius 1 is 1.14 bits per heavy atom. The number of aromatic nitrogens is 4. The second-order valence-corrected chi connectivity index (χ2v) is 10.7. The van der Waals surface area contributed by atoms with Crippen molar-refractivity contribution in [3.63, 3.8) is 0 Å². The number of rotatable bonds is 7. The Balaban J connectivity index is 1.43. The summed E-state index contributed by atoms with van der Waals surface area (Å²) in [6.07, 6.45) is 0.361. The van der Waals surface area contributed by atoms with Crippen LogP contribution in [0.25, 0.3) is 22.4 Å². The van der Waals surface area contributed by atoms with Gasteiger partial charge >= 0.3 is 5.97 Å². The van der Waals surface area contributed by atoms with E-state index in [2.05, 4.69) is 20.4 Å². The fourth-order valence-electron chi connectivity index (χ4n) is 5.30. The summed E-state index contributed by atoms with van der Waals surface area (Å²) in [4.78, 5) is 33.4. The summed E-state index contributed by atoms with van der Waals surface area (Å²) >= 11 is 6.21. The summed E-state index contributed by atoms with van der Waals surface area (Å²) < 4.78 is 16.0. The average Bonchev–Trinajstić information content (AvgIpc) is 3.43. The lowest BCUT2D eigenvalue weighted by molar-refractivity contribution is -0.137. The maximum atomic E-state index is 14.5. The standard InChI is InChI=1S/C30H24ClFN6O4/c1-30(17-9-6-15(7-10-17)8-11-23(40)41)24-26(33)34-28(35-27(24)36-29(30)42)25-18-12-22(39)19(31)13-21(18)38(37-25)14-16-4-2-3-5-20(16)32/h2-7,9-10,12-13,39H,8,11,14H2,1H3,(H,40,41)(H3,33,34,35,36,42)/t30-/m0/s1. The average molecular weight is 587 g/mol. The third-order valence-corrected chi connectivity index (χ3v) is 7.89. The maximum Gasteiger partial charge on any atom is 0.303 e. The van der Waals surface area contributed by atoms with Gasteiger partial charge in [-0.2, -0.15) is 5.10 Å². The number of carboxylic acids is 1. The Bertz CT molecular complexity index is 1910. The minimum atomic E-state index is -1.21. The van der Waals surface area contributed by atoms with Crippen molar-refractivity contribution in [1.82, 2.24) is 19.7 Å². The summed E-state index contributed by atoms with van der Waals surface area (Å²) in [6, 6.07) is 16.4. The number of carbonyl (C=O) groups excluding carboxylic acids is 1. The molecule has 12 heteroatoms. The number of halogens is 2. The van der Waals surface area contributed by atoms with Gasteiger partial charge in [-0.05, 0) is 42.7 Å². The van der Waals surface area contributed by atoms with Gasteiger partial charge in [-0.3, -0.25) is 14.3 Å². The minimum Gasteiger partial charge on any atom is -0.506 e. The van der Waals surface area contributed by atoms with Crippen molar-refractivity contribution in [3.05, 3.63) is 93.8 Å². The van der Waals surface area contributed by atoms with Crippen molar-refractivity contribution in [2.75, 3.05) is 11.1 Å². The van der Waals surface area contributed by atoms with E-state index in [1.165, 1.54) is 22.9 Å². The number of fused-ring (bicyclic) bond motifs is 2. The Morgan fingerprint density at radius 2 is 1.88 bits per heavy atom. The van der Waals surface area contributed by atoms with Crippen LogP contribution in [-0.2, 0) is 28.0 Å². The molecule has 0 radical (unpaired) electrons. The Labute approximate surface area is 243 Å². The summed E-state index contributed by atoms with van der Waals surface area (Å²) in [5, 5.41) is 27.3. The number of aromatic hydroxyl groups is 1. The van der Waals surface area contributed by atoms with Crippen LogP contribution in [0, 0.1) is 5.82 Å². The number of nitrogen functional groups attached to an aromatic ring is 1. The summed E-state index contributed by atoms with van der Waals surface area (Å²) in [5.41, 5.74) is 8.30. The van der Waals surface area contributed by atoms with Gasteiger partial charge in [-0.25, -0.2) is 14.4 Å². The van der Waals surface area contributed by atoms with Gasteiger partial charge < -0.3 is 21.3 Å². The zero-order valence-electron chi connectivity index (χ0n) is 22.2. The number of amides is 1. The highest BCUT2D eigenvalue weighted by atomic mass is 35.5. The van der Waals surface area contributed by atoms with E-state index >= 15 is 0 Å². The van der Waals surface area contributed by atoms with Gasteiger partial charge in [0, 0.05) is 17.4 Å². The van der Waals surface area contributed by atoms with Crippen LogP contribution in [0.3, 0.4) is 0 Å². The number of aliphatic carboxylic acids is 1. The first-order chi connectivity index (χ1) is 20.1. The second kappa shape index (κ2) is 10.1. The smallest absolute Gasteiger partial charge is 0.303 e. The molecule has 2 aromatic heterocycles. The molecule has 0 bridgehead atoms. The van der Waals surface area contributed by atoms with E-state index in [9.17, 15) is 19.1 Å². The van der Waals surface area contributed by atoms with Crippen LogP contribution < -0.4 is 11.1 Å². The molecule has 212 valence electrons. The molecule has 1 aliphatic heterocycles. The number of nitrogens with two attached hydrogens (primary N) is 1. The predicted octanol–water partition coefficient (Wildman–Crippen LogP) is 4.90. The summed E-state index contributed by atoms with van der Waals surface area (Å²) in [7, 11) is 0. The SMILES string of the molecule is C[C@@]1(c2ccc(CCC(=O)O)cc2)C(=O)Nc2nc(-c3nn(Cc4ccccc4F)c4cc(Cl)c(O)cc34)nc(N)c21. The molecule has 1 atom stereocenters. The van der Waals surface area contributed by atoms with E-state index in [0.29, 0.717) is 34.0 Å². The molecule has 0 fully saturated rings. The lowest BCUT2D eigenvalue weighted by atomic mass is 9.77. The van der Waals surface area contributed by atoms with Gasteiger partial charge in [0.15, 0.2) is 5.82 Å². The first kappa shape index (κ1) is 27.2. The van der Waals surface area contributed by atoms with Crippen LogP contribution in [0.5, 0.6) is 5.75 Å². The Morgan fingerprint density at radius 3 is 2.60 bits per heavy atom. The molecule has 10 nitrogen and oxygen atoms in total. The van der Waals surface area contributed by atoms with Gasteiger partial charge in [0.2, 0.25) is 5.91 Å². The molecule has 0 unspecified atom stereocenters. The number of hydrogen-bond acceptors (Lipinski definition) is 7. The number of phenols is 1. The molecule has 0 aliphatic carbocycles. The van der Waals surface area contributed by atoms with Gasteiger partial charge in [0.25, 0.3) is 0 Å². The van der Waals surface area contributed by atoms with E-state index in [1.807, 2.05) is 0 Å². The maximum absolute atomic E-state index is 14.5. The molecule has 3 aromatic carbocycles. The second-order valence-electron chi connectivity index (χ2n) is 10.2. The van der Waals surface area contributed by atoms with Crippen LogP contribution in [0.1, 0.15) is 35.6 Å². The molecule has 1 aliphatic rings. The highest BCUT2D eigenvalue weighted by molar-refractivity contribution is 6.32. The molecular weight excluding hydrogens is 563 g/mol. The zero-order chi connectivity index (χ0) is 29.8. The molecule has 0 saturated carbocycles. The van der Waals surface area contributed by atoms with E-state index in [0.717, 1.165) is 5.56 Å². The molecule has 0 spiro atoms. The number of anilines is 2. The molecule has 5 N–H and O–H groups in total. The van der Waals surface area contributed by atoms with Crippen molar-refractivity contribution in [2.24, 2.45) is 0 Å². The van der Waals surface area contributed by atoms with E-state index in [1.54, 1.807) is 49.4 Å². The topological polar surface area (TPSA) is 156 Å². The molecule has 3 heterocycles. The number of carbonyl (C=O) groups is 2. The number of phenolic OH excluding ortho intramolecular Hbond substituents is 1. The van der Waals surface area contributed by atoms with E-state index in [4.69, 9.17) is 22.4 Å². The molecular formula is C30H24ClFN6O4. The Kier molecular flexibility index (Phi) is 6.53. The van der Waals surface area contributed by atoms with Crippen LogP contribution >= 0.6 is 11.6 Å². The van der Waals surface area contributed by atoms with Gasteiger partial charge in [-0.1, -0.05) is 54.1 Å². The predicted molar refractivity (Wildman–Crippen MR) is 155 cm³/mol. The molecule has 1 amide bonds. The van der Waals surface area contributed by atoms with E-state index < -0.39 is 17.2 Å². The lowest BCUT2D eigenvalue weighted by Crippen LogP contribution is -2.33. The van der Waals surface area contributed by atoms with Gasteiger partial charge in [0.05, 0.1) is 22.6 Å². The fraction of sp³-hybridized carbons (Fsp3) is 0.167. The molecule has 6 rings (SSSR count).